The van der Waals surface area contributed by atoms with Crippen LogP contribution in [0.25, 0.3) is 5.82 Å². The number of anilines is 2. The van der Waals surface area contributed by atoms with Crippen LogP contribution in [0.15, 0.2) is 81.5 Å². The number of hydrogen-bond donors (Lipinski definition) is 3. The van der Waals surface area contributed by atoms with Crippen LogP contribution in [0.4, 0.5) is 20.2 Å². The number of ether oxygens (including phenoxy) is 1. The molecule has 0 bridgehead atoms. The Hall–Kier alpha value is -6.22. The Bertz CT molecular complexity index is 2300. The highest BCUT2D eigenvalue weighted by Crippen LogP contribution is 2.45. The molecule has 4 aromatic rings. The molecule has 2 amide bonds. The first-order valence-electron chi connectivity index (χ1n) is 15.2. The maximum absolute atomic E-state index is 15.2. The lowest BCUT2D eigenvalue weighted by atomic mass is 10.1. The molecule has 0 unspecified atom stereocenters. The van der Waals surface area contributed by atoms with E-state index >= 15 is 8.78 Å². The highest BCUT2D eigenvalue weighted by Gasteiger charge is 2.50. The Labute approximate surface area is 288 Å². The molecule has 264 valence electrons. The number of benzene rings is 2. The van der Waals surface area contributed by atoms with Crippen molar-refractivity contribution in [3.63, 3.8) is 0 Å². The number of esters is 1. The third-order valence-electron chi connectivity index (χ3n) is 7.88. The Balaban J connectivity index is 1.29. The molecule has 0 saturated heterocycles. The molecule has 5 rings (SSSR count). The summed E-state index contributed by atoms with van der Waals surface area (Å²) >= 11 is 0. The van der Waals surface area contributed by atoms with E-state index in [1.807, 2.05) is 10.8 Å². The highest BCUT2D eigenvalue weighted by atomic mass is 32.2. The number of hydrogen-bond acceptors (Lipinski definition) is 10. The van der Waals surface area contributed by atoms with Crippen molar-refractivity contribution in [3.8, 4) is 11.9 Å². The summed E-state index contributed by atoms with van der Waals surface area (Å²) in [5, 5.41) is 14.0. The fourth-order valence-electron chi connectivity index (χ4n) is 4.84. The van der Waals surface area contributed by atoms with Gasteiger partial charge in [0.05, 0.1) is 28.8 Å². The first kappa shape index (κ1) is 36.1. The third kappa shape index (κ3) is 7.83. The van der Waals surface area contributed by atoms with Gasteiger partial charge in [-0.15, -0.1) is 0 Å². The lowest BCUT2D eigenvalue weighted by molar-refractivity contribution is -0.145. The van der Waals surface area contributed by atoms with Crippen molar-refractivity contribution >= 4 is 39.2 Å². The fraction of sp³-hybridized carbons (Fsp3) is 0.242. The average molecular weight is 722 g/mol. The van der Waals surface area contributed by atoms with Crippen LogP contribution in [0, 0.1) is 28.4 Å². The molecule has 2 heterocycles. The number of nitriles is 1. The van der Waals surface area contributed by atoms with Gasteiger partial charge in [-0.1, -0.05) is 6.07 Å². The largest absolute Gasteiger partial charge is 0.464 e. The Morgan fingerprint density at radius 1 is 1.06 bits per heavy atom. The molecular formula is C33H29F2N7O8S. The number of carbonyl (C=O) groups excluding carboxylic acids is 3. The summed E-state index contributed by atoms with van der Waals surface area (Å²) in [6.07, 6.45) is 3.16. The molecule has 1 aliphatic carbocycles. The maximum Gasteiger partial charge on any atom is 0.336 e. The molecule has 15 nitrogen and oxygen atoms in total. The molecule has 1 aliphatic rings. The number of nitrogens with one attached hydrogen (secondary N) is 3. The van der Waals surface area contributed by atoms with E-state index in [-0.39, 0.29) is 29.4 Å². The number of aromatic nitrogens is 3. The van der Waals surface area contributed by atoms with Crippen molar-refractivity contribution in [3.05, 3.63) is 111 Å². The second-order valence-corrected chi connectivity index (χ2v) is 13.2. The van der Waals surface area contributed by atoms with Crippen molar-refractivity contribution < 1.29 is 36.3 Å². The van der Waals surface area contributed by atoms with Crippen LogP contribution in [0.1, 0.15) is 35.7 Å². The fourth-order valence-corrected chi connectivity index (χ4v) is 5.90. The lowest BCUT2D eigenvalue weighted by Gasteiger charge is -2.18. The molecule has 1 atom stereocenters. The van der Waals surface area contributed by atoms with E-state index < -0.39 is 73.4 Å². The molecule has 18 heteroatoms. The van der Waals surface area contributed by atoms with E-state index in [2.05, 4.69) is 15.6 Å². The monoisotopic (exact) mass is 721 g/mol. The zero-order valence-electron chi connectivity index (χ0n) is 27.0. The summed E-state index contributed by atoms with van der Waals surface area (Å²) in [6.45, 7) is 1.45. The van der Waals surface area contributed by atoms with E-state index in [1.165, 1.54) is 61.3 Å². The number of sulfonamides is 1. The summed E-state index contributed by atoms with van der Waals surface area (Å²) in [4.78, 5) is 66.5. The van der Waals surface area contributed by atoms with Crippen molar-refractivity contribution in [1.29, 1.82) is 5.26 Å². The molecule has 0 aliphatic heterocycles. The van der Waals surface area contributed by atoms with Crippen LogP contribution in [0.2, 0.25) is 0 Å². The number of carbonyl (C=O) groups is 3. The number of nitrogens with zero attached hydrogens (tertiary/aromatic N) is 4. The summed E-state index contributed by atoms with van der Waals surface area (Å²) in [6, 6.07) is 10.2. The standard InChI is InChI=1S/C33H29F2N7O8S/c1-3-50-30(45)26(14-19-4-9-27(37-17-19)42-28(43)10-13-41(2)32(42)47)39-29(44)22-15-24(35)25(16-23(22)34)40-51(48,49)21-7-5-20(6-8-21)38-31(46)33(18-36)11-12-33/h4-10,13,15-17,26,40H,3,11-12,14H2,1-2H3,(H,38,46)(H,39,44)/t26-/m0/s1. The smallest absolute Gasteiger partial charge is 0.336 e. The van der Waals surface area contributed by atoms with E-state index in [1.54, 1.807) is 0 Å². The molecule has 51 heavy (non-hydrogen) atoms. The second kappa shape index (κ2) is 14.3. The van der Waals surface area contributed by atoms with Crippen LogP contribution < -0.4 is 26.6 Å². The van der Waals surface area contributed by atoms with Crippen molar-refractivity contribution in [2.75, 3.05) is 16.6 Å². The van der Waals surface area contributed by atoms with Crippen molar-refractivity contribution in [2.45, 2.75) is 37.1 Å². The minimum atomic E-state index is -4.48. The Morgan fingerprint density at radius 3 is 2.37 bits per heavy atom. The zero-order valence-corrected chi connectivity index (χ0v) is 27.8. The molecule has 2 aromatic carbocycles. The van der Waals surface area contributed by atoms with Gasteiger partial charge in [-0.25, -0.2) is 36.3 Å². The molecule has 0 spiro atoms. The van der Waals surface area contributed by atoms with Crippen molar-refractivity contribution in [2.24, 2.45) is 12.5 Å². The van der Waals surface area contributed by atoms with Gasteiger partial charge in [0.25, 0.3) is 21.5 Å². The quantitative estimate of drug-likeness (QED) is 0.182. The number of rotatable bonds is 12. The number of amides is 2. The number of aryl methyl sites for hydroxylation is 1. The summed E-state index contributed by atoms with van der Waals surface area (Å²) in [5.41, 5.74) is -3.46. The second-order valence-electron chi connectivity index (χ2n) is 11.5. The maximum atomic E-state index is 15.2. The molecule has 3 N–H and O–H groups in total. The predicted octanol–water partition coefficient (Wildman–Crippen LogP) is 2.16. The minimum absolute atomic E-state index is 0.00110. The Morgan fingerprint density at radius 2 is 1.76 bits per heavy atom. The molecule has 1 saturated carbocycles. The van der Waals surface area contributed by atoms with Crippen LogP contribution in [-0.4, -0.2) is 53.0 Å². The first-order valence-corrected chi connectivity index (χ1v) is 16.7. The SMILES string of the molecule is CCOC(=O)[C@H](Cc1ccc(-n2c(=O)ccn(C)c2=O)nc1)NC(=O)c1cc(F)c(NS(=O)(=O)c2ccc(NC(=O)C3(C#N)CC3)cc2)cc1F. The average Bonchev–Trinajstić information content (AvgIpc) is 3.90. The summed E-state index contributed by atoms with van der Waals surface area (Å²) < 4.78 is 65.1. The zero-order chi connectivity index (χ0) is 37.1. The lowest BCUT2D eigenvalue weighted by Crippen LogP contribution is -2.43. The normalized spacial score (nSPS) is 13.7. The van der Waals surface area contributed by atoms with Crippen LogP contribution >= 0.6 is 0 Å². The van der Waals surface area contributed by atoms with Gasteiger partial charge >= 0.3 is 11.7 Å². The van der Waals surface area contributed by atoms with Gasteiger partial charge in [0.1, 0.15) is 28.9 Å². The molecule has 2 aromatic heterocycles. The molecule has 1 fully saturated rings. The Kier molecular flexibility index (Phi) is 10.1. The van der Waals surface area contributed by atoms with Gasteiger partial charge in [0.2, 0.25) is 5.91 Å². The van der Waals surface area contributed by atoms with E-state index in [4.69, 9.17) is 10.00 Å². The van der Waals surface area contributed by atoms with E-state index in [9.17, 15) is 32.4 Å². The van der Waals surface area contributed by atoms with Crippen LogP contribution in [0.5, 0.6) is 0 Å². The topological polar surface area (TPSA) is 211 Å². The molecule has 0 radical (unpaired) electrons. The van der Waals surface area contributed by atoms with Gasteiger partial charge < -0.3 is 19.9 Å². The van der Waals surface area contributed by atoms with E-state index in [0.29, 0.717) is 30.5 Å². The van der Waals surface area contributed by atoms with Crippen molar-refractivity contribution in [1.82, 2.24) is 19.4 Å². The van der Waals surface area contributed by atoms with E-state index in [0.717, 1.165) is 16.7 Å². The third-order valence-corrected chi connectivity index (χ3v) is 9.26. The first-order chi connectivity index (χ1) is 24.2. The minimum Gasteiger partial charge on any atom is -0.464 e. The van der Waals surface area contributed by atoms with Gasteiger partial charge in [0.15, 0.2) is 0 Å². The van der Waals surface area contributed by atoms with Crippen LogP contribution in [-0.2, 0) is 37.8 Å². The highest BCUT2D eigenvalue weighted by molar-refractivity contribution is 7.92. The number of pyridine rings is 1. The molecular weight excluding hydrogens is 692 g/mol. The van der Waals surface area contributed by atoms with Crippen LogP contribution in [0.3, 0.4) is 0 Å². The number of halogens is 2. The predicted molar refractivity (Wildman–Crippen MR) is 176 cm³/mol. The van der Waals surface area contributed by atoms with Gasteiger partial charge in [0, 0.05) is 43.7 Å². The summed E-state index contributed by atoms with van der Waals surface area (Å²) in [5.74, 6) is -5.27. The van der Waals surface area contributed by atoms with Gasteiger partial charge in [-0.2, -0.15) is 5.26 Å². The van der Waals surface area contributed by atoms with Gasteiger partial charge in [-0.05, 0) is 61.7 Å². The van der Waals surface area contributed by atoms with Gasteiger partial charge in [-0.3, -0.25) is 19.1 Å². The summed E-state index contributed by atoms with van der Waals surface area (Å²) in [7, 11) is -3.03.